The number of carbonyl (C=O) groups is 1. The maximum atomic E-state index is 9.63. The van der Waals surface area contributed by atoms with Crippen LogP contribution in [-0.2, 0) is 9.53 Å². The maximum absolute atomic E-state index is 9.63. The summed E-state index contributed by atoms with van der Waals surface area (Å²) >= 11 is 1.51. The SMILES string of the molecule is C=CC[N+]1(CC)CCOCC1.CSCCC(=O)[O-]. The fourth-order valence-corrected chi connectivity index (χ4v) is 2.19. The molecule has 5 heteroatoms. The molecule has 0 aliphatic carbocycles. The summed E-state index contributed by atoms with van der Waals surface area (Å²) in [6.07, 6.45) is 4.05. The van der Waals surface area contributed by atoms with E-state index in [9.17, 15) is 9.90 Å². The van der Waals surface area contributed by atoms with Crippen LogP contribution in [0.3, 0.4) is 0 Å². The number of aliphatic carboxylic acids is 1. The van der Waals surface area contributed by atoms with Crippen molar-refractivity contribution in [3.05, 3.63) is 12.7 Å². The summed E-state index contributed by atoms with van der Waals surface area (Å²) in [7, 11) is 0. The molecule has 0 aromatic carbocycles. The molecule has 0 amide bonds. The molecule has 1 aliphatic heterocycles. The van der Waals surface area contributed by atoms with Crippen molar-refractivity contribution in [1.29, 1.82) is 0 Å². The Morgan fingerprint density at radius 1 is 1.50 bits per heavy atom. The summed E-state index contributed by atoms with van der Waals surface area (Å²) in [5, 5.41) is 9.63. The van der Waals surface area contributed by atoms with Crippen molar-refractivity contribution in [3.8, 4) is 0 Å². The second-order valence-corrected chi connectivity index (χ2v) is 5.29. The van der Waals surface area contributed by atoms with Gasteiger partial charge in [0.05, 0.1) is 26.3 Å². The Bertz CT molecular complexity index is 240. The number of morpholine rings is 1. The summed E-state index contributed by atoms with van der Waals surface area (Å²) in [5.74, 6) is -0.308. The molecule has 0 saturated carbocycles. The van der Waals surface area contributed by atoms with E-state index in [2.05, 4.69) is 13.5 Å². The van der Waals surface area contributed by atoms with Crippen LogP contribution in [0.5, 0.6) is 0 Å². The number of hydrogen-bond donors (Lipinski definition) is 0. The molecule has 0 radical (unpaired) electrons. The van der Waals surface area contributed by atoms with Gasteiger partial charge in [0.15, 0.2) is 0 Å². The van der Waals surface area contributed by atoms with Crippen molar-refractivity contribution >= 4 is 17.7 Å². The molecule has 18 heavy (non-hydrogen) atoms. The fraction of sp³-hybridized carbons (Fsp3) is 0.769. The number of nitrogens with zero attached hydrogens (tertiary/aromatic N) is 1. The highest BCUT2D eigenvalue weighted by atomic mass is 32.2. The van der Waals surface area contributed by atoms with Crippen LogP contribution in [0, 0.1) is 0 Å². The number of ether oxygens (including phenoxy) is 1. The van der Waals surface area contributed by atoms with E-state index in [1.54, 1.807) is 0 Å². The summed E-state index contributed by atoms with van der Waals surface area (Å²) in [4.78, 5) is 9.63. The summed E-state index contributed by atoms with van der Waals surface area (Å²) < 4.78 is 6.49. The van der Waals surface area contributed by atoms with Gasteiger partial charge in [-0.25, -0.2) is 0 Å². The Kier molecular flexibility index (Phi) is 10.1. The Morgan fingerprint density at radius 2 is 2.11 bits per heavy atom. The Hall–Kier alpha value is -0.520. The van der Waals surface area contributed by atoms with E-state index in [0.29, 0.717) is 5.75 Å². The lowest BCUT2D eigenvalue weighted by molar-refractivity contribution is -0.928. The van der Waals surface area contributed by atoms with Gasteiger partial charge in [-0.2, -0.15) is 11.8 Å². The lowest BCUT2D eigenvalue weighted by atomic mass is 10.3. The zero-order chi connectivity index (χ0) is 13.9. The highest BCUT2D eigenvalue weighted by Gasteiger charge is 2.26. The summed E-state index contributed by atoms with van der Waals surface area (Å²) in [5.41, 5.74) is 0. The van der Waals surface area contributed by atoms with Crippen LogP contribution in [-0.4, -0.2) is 61.9 Å². The number of quaternary nitrogens is 1. The van der Waals surface area contributed by atoms with Crippen molar-refractivity contribution in [3.63, 3.8) is 0 Å². The number of carboxylic acids is 1. The van der Waals surface area contributed by atoms with Gasteiger partial charge in [-0.15, -0.1) is 0 Å². The predicted molar refractivity (Wildman–Crippen MR) is 74.4 cm³/mol. The molecule has 0 bridgehead atoms. The molecule has 0 atom stereocenters. The predicted octanol–water partition coefficient (Wildman–Crippen LogP) is 0.529. The Balaban J connectivity index is 0.000000360. The topological polar surface area (TPSA) is 49.4 Å². The van der Waals surface area contributed by atoms with Crippen LogP contribution >= 0.6 is 11.8 Å². The lowest BCUT2D eigenvalue weighted by Crippen LogP contribution is -2.54. The van der Waals surface area contributed by atoms with Gasteiger partial charge in [0.1, 0.15) is 13.1 Å². The average molecular weight is 275 g/mol. The molecule has 1 saturated heterocycles. The Morgan fingerprint density at radius 3 is 2.44 bits per heavy atom. The first-order valence-electron chi connectivity index (χ1n) is 6.32. The second-order valence-electron chi connectivity index (χ2n) is 4.30. The first-order chi connectivity index (χ1) is 8.60. The first-order valence-corrected chi connectivity index (χ1v) is 7.72. The second kappa shape index (κ2) is 10.4. The molecule has 0 aromatic rings. The minimum absolute atomic E-state index is 0.168. The lowest BCUT2D eigenvalue weighted by Gasteiger charge is -2.39. The number of carbonyl (C=O) groups excluding carboxylic acids is 1. The van der Waals surface area contributed by atoms with E-state index < -0.39 is 5.97 Å². The normalized spacial score (nSPS) is 17.4. The number of thioether (sulfide) groups is 1. The quantitative estimate of drug-likeness (QED) is 0.524. The standard InChI is InChI=1S/C9H18NO.C4H8O2S/c1-3-5-10(4-2)6-8-11-9-7-10;1-7-3-2-4(5)6/h3H,1,4-9H2,2H3;2-3H2,1H3,(H,5,6)/q+1;/p-1. The van der Waals surface area contributed by atoms with Crippen molar-refractivity contribution in [2.45, 2.75) is 13.3 Å². The molecular weight excluding hydrogens is 250 g/mol. The van der Waals surface area contributed by atoms with E-state index in [-0.39, 0.29) is 6.42 Å². The van der Waals surface area contributed by atoms with Gasteiger partial charge in [0.2, 0.25) is 0 Å². The average Bonchev–Trinajstić information content (AvgIpc) is 2.38. The van der Waals surface area contributed by atoms with Crippen LogP contribution in [0.25, 0.3) is 0 Å². The van der Waals surface area contributed by atoms with Gasteiger partial charge in [-0.3, -0.25) is 0 Å². The van der Waals surface area contributed by atoms with E-state index >= 15 is 0 Å². The molecule has 0 N–H and O–H groups in total. The molecular formula is C13H25NO3S. The molecule has 1 heterocycles. The Labute approximate surface area is 115 Å². The highest BCUT2D eigenvalue weighted by molar-refractivity contribution is 7.98. The highest BCUT2D eigenvalue weighted by Crippen LogP contribution is 2.10. The van der Waals surface area contributed by atoms with Crippen LogP contribution in [0.1, 0.15) is 13.3 Å². The molecule has 1 aliphatic rings. The van der Waals surface area contributed by atoms with E-state index in [0.717, 1.165) is 32.8 Å². The van der Waals surface area contributed by atoms with E-state index in [1.807, 2.05) is 12.3 Å². The van der Waals surface area contributed by atoms with Crippen LogP contribution in [0.4, 0.5) is 0 Å². The van der Waals surface area contributed by atoms with Gasteiger partial charge in [-0.1, -0.05) is 6.58 Å². The number of rotatable bonds is 6. The smallest absolute Gasteiger partial charge is 0.103 e. The minimum atomic E-state index is -0.964. The van der Waals surface area contributed by atoms with Gasteiger partial charge in [0, 0.05) is 5.97 Å². The van der Waals surface area contributed by atoms with Crippen molar-refractivity contribution < 1.29 is 19.1 Å². The third-order valence-electron chi connectivity index (χ3n) is 3.12. The monoisotopic (exact) mass is 275 g/mol. The molecule has 1 rings (SSSR count). The molecule has 1 fully saturated rings. The first kappa shape index (κ1) is 17.5. The summed E-state index contributed by atoms with van der Waals surface area (Å²) in [6, 6.07) is 0. The molecule has 0 aromatic heterocycles. The van der Waals surface area contributed by atoms with Crippen molar-refractivity contribution in [2.75, 3.05) is 51.4 Å². The third kappa shape index (κ3) is 7.74. The largest absolute Gasteiger partial charge is 0.550 e. The van der Waals surface area contributed by atoms with E-state index in [1.165, 1.54) is 22.8 Å². The van der Waals surface area contributed by atoms with Gasteiger partial charge < -0.3 is 19.1 Å². The van der Waals surface area contributed by atoms with Gasteiger partial charge in [0.25, 0.3) is 0 Å². The summed E-state index contributed by atoms with van der Waals surface area (Å²) in [6.45, 7) is 12.5. The van der Waals surface area contributed by atoms with Gasteiger partial charge >= 0.3 is 0 Å². The third-order valence-corrected chi connectivity index (χ3v) is 3.73. The number of likely N-dealkylation sites (N-methyl/N-ethyl adjacent to an activating group) is 1. The van der Waals surface area contributed by atoms with Crippen LogP contribution in [0.2, 0.25) is 0 Å². The molecule has 0 unspecified atom stereocenters. The van der Waals surface area contributed by atoms with Crippen molar-refractivity contribution in [2.24, 2.45) is 0 Å². The zero-order valence-corrected chi connectivity index (χ0v) is 12.3. The van der Waals surface area contributed by atoms with E-state index in [4.69, 9.17) is 4.74 Å². The molecule has 106 valence electrons. The fourth-order valence-electron chi connectivity index (χ4n) is 1.82. The van der Waals surface area contributed by atoms with Crippen LogP contribution in [0.15, 0.2) is 12.7 Å². The molecule has 0 spiro atoms. The minimum Gasteiger partial charge on any atom is -0.550 e. The maximum Gasteiger partial charge on any atom is 0.103 e. The zero-order valence-electron chi connectivity index (χ0n) is 11.5. The van der Waals surface area contributed by atoms with Gasteiger partial charge in [-0.05, 0) is 31.4 Å². The number of carboxylic acid groups (broad SMARTS) is 1. The molecule has 4 nitrogen and oxygen atoms in total. The van der Waals surface area contributed by atoms with Crippen molar-refractivity contribution in [1.82, 2.24) is 0 Å². The number of hydrogen-bond acceptors (Lipinski definition) is 4. The van der Waals surface area contributed by atoms with Crippen LogP contribution < -0.4 is 5.11 Å².